The van der Waals surface area contributed by atoms with Crippen molar-refractivity contribution in [3.8, 4) is 0 Å². The number of nitrogens with zero attached hydrogens (tertiary/aromatic N) is 1. The molecule has 1 aliphatic rings. The summed E-state index contributed by atoms with van der Waals surface area (Å²) >= 11 is 0. The fourth-order valence-corrected chi connectivity index (χ4v) is 2.91. The van der Waals surface area contributed by atoms with E-state index >= 15 is 0 Å². The summed E-state index contributed by atoms with van der Waals surface area (Å²) in [5.41, 5.74) is 1.03. The summed E-state index contributed by atoms with van der Waals surface area (Å²) in [5.74, 6) is 0.750. The number of aliphatic imine (C=N–C) groups is 1. The first kappa shape index (κ1) is 20.2. The van der Waals surface area contributed by atoms with Gasteiger partial charge in [-0.1, -0.05) is 17.7 Å². The van der Waals surface area contributed by atoms with Crippen LogP contribution in [0.1, 0.15) is 25.3 Å². The number of benzene rings is 1. The molecule has 0 bridgehead atoms. The van der Waals surface area contributed by atoms with Gasteiger partial charge in [0.05, 0.1) is 11.4 Å². The summed E-state index contributed by atoms with van der Waals surface area (Å²) in [6.07, 6.45) is 2.34. The van der Waals surface area contributed by atoms with Crippen LogP contribution in [0, 0.1) is 6.92 Å². The zero-order valence-corrected chi connectivity index (χ0v) is 16.6. The first-order valence-electron chi connectivity index (χ1n) is 7.62. The Morgan fingerprint density at radius 3 is 2.48 bits per heavy atom. The van der Waals surface area contributed by atoms with E-state index < -0.39 is 10.0 Å². The Labute approximate surface area is 155 Å². The summed E-state index contributed by atoms with van der Waals surface area (Å²) in [7, 11) is -3.46. The van der Waals surface area contributed by atoms with Gasteiger partial charge in [-0.05, 0) is 38.8 Å². The van der Waals surface area contributed by atoms with Crippen LogP contribution in [0.25, 0.3) is 0 Å². The Balaban J connectivity index is 0.00000264. The number of hydrogen-bond acceptors (Lipinski definition) is 3. The second kappa shape index (κ2) is 9.43. The van der Waals surface area contributed by atoms with Gasteiger partial charge in [0.15, 0.2) is 5.96 Å². The van der Waals surface area contributed by atoms with Crippen molar-refractivity contribution in [1.82, 2.24) is 15.4 Å². The van der Waals surface area contributed by atoms with E-state index in [1.165, 1.54) is 12.8 Å². The van der Waals surface area contributed by atoms with E-state index in [-0.39, 0.29) is 35.4 Å². The Morgan fingerprint density at radius 2 is 1.91 bits per heavy atom. The van der Waals surface area contributed by atoms with Crippen LogP contribution in [0.2, 0.25) is 0 Å². The molecular weight excluding hydrogens is 427 g/mol. The normalized spacial score (nSPS) is 15.0. The molecular formula is C15H25IN4O2S. The lowest BCUT2D eigenvalue weighted by molar-refractivity contribution is 0.582. The van der Waals surface area contributed by atoms with Crippen molar-refractivity contribution < 1.29 is 8.42 Å². The molecule has 6 nitrogen and oxygen atoms in total. The van der Waals surface area contributed by atoms with Gasteiger partial charge in [0.25, 0.3) is 0 Å². The minimum absolute atomic E-state index is 0. The number of halogens is 1. The van der Waals surface area contributed by atoms with Gasteiger partial charge in [0, 0.05) is 19.1 Å². The van der Waals surface area contributed by atoms with Gasteiger partial charge in [-0.2, -0.15) is 0 Å². The highest BCUT2D eigenvalue weighted by Gasteiger charge is 2.22. The van der Waals surface area contributed by atoms with Crippen LogP contribution in [0.5, 0.6) is 0 Å². The molecule has 1 aliphatic carbocycles. The molecule has 0 radical (unpaired) electrons. The number of sulfonamides is 1. The minimum Gasteiger partial charge on any atom is -0.357 e. The third-order valence-corrected chi connectivity index (χ3v) is 4.74. The largest absolute Gasteiger partial charge is 0.357 e. The number of hydrogen-bond donors (Lipinski definition) is 3. The van der Waals surface area contributed by atoms with Crippen molar-refractivity contribution in [1.29, 1.82) is 0 Å². The Hall–Kier alpha value is -0.870. The molecule has 3 N–H and O–H groups in total. The fraction of sp³-hybridized carbons (Fsp3) is 0.533. The maximum Gasteiger partial charge on any atom is 0.240 e. The third kappa shape index (κ3) is 7.05. The minimum atomic E-state index is -3.46. The monoisotopic (exact) mass is 452 g/mol. The SMILES string of the molecule is CCNC(=NCCNS(=O)(=O)c1ccc(C)cc1)NC1CC1.I. The van der Waals surface area contributed by atoms with Crippen molar-refractivity contribution in [3.63, 3.8) is 0 Å². The maximum atomic E-state index is 12.1. The van der Waals surface area contributed by atoms with Gasteiger partial charge in [0.2, 0.25) is 10.0 Å². The van der Waals surface area contributed by atoms with E-state index in [4.69, 9.17) is 0 Å². The van der Waals surface area contributed by atoms with Crippen molar-refractivity contribution >= 4 is 40.0 Å². The predicted molar refractivity (Wildman–Crippen MR) is 104 cm³/mol. The second-order valence-corrected chi connectivity index (χ2v) is 7.16. The molecule has 0 atom stereocenters. The summed E-state index contributed by atoms with van der Waals surface area (Å²) in [6.45, 7) is 5.39. The molecule has 0 unspecified atom stereocenters. The molecule has 0 aromatic heterocycles. The van der Waals surface area contributed by atoms with Gasteiger partial charge in [-0.25, -0.2) is 13.1 Å². The van der Waals surface area contributed by atoms with Crippen LogP contribution in [-0.4, -0.2) is 40.1 Å². The third-order valence-electron chi connectivity index (χ3n) is 3.27. The van der Waals surface area contributed by atoms with E-state index in [0.717, 1.165) is 18.1 Å². The number of guanidine groups is 1. The van der Waals surface area contributed by atoms with Crippen LogP contribution in [0.15, 0.2) is 34.2 Å². The van der Waals surface area contributed by atoms with Crippen LogP contribution in [0.3, 0.4) is 0 Å². The van der Waals surface area contributed by atoms with Crippen molar-refractivity contribution in [2.45, 2.75) is 37.6 Å². The van der Waals surface area contributed by atoms with Gasteiger partial charge in [-0.15, -0.1) is 24.0 Å². The van der Waals surface area contributed by atoms with E-state index in [1.54, 1.807) is 24.3 Å². The smallest absolute Gasteiger partial charge is 0.240 e. The van der Waals surface area contributed by atoms with Crippen LogP contribution in [-0.2, 0) is 10.0 Å². The highest BCUT2D eigenvalue weighted by molar-refractivity contribution is 14.0. The van der Waals surface area contributed by atoms with Crippen molar-refractivity contribution in [3.05, 3.63) is 29.8 Å². The number of aryl methyl sites for hydroxylation is 1. The Bertz CT molecular complexity index is 613. The lowest BCUT2D eigenvalue weighted by Gasteiger charge is -2.10. The Kier molecular flexibility index (Phi) is 8.27. The predicted octanol–water partition coefficient (Wildman–Crippen LogP) is 1.61. The highest BCUT2D eigenvalue weighted by Crippen LogP contribution is 2.18. The molecule has 0 heterocycles. The number of nitrogens with one attached hydrogen (secondary N) is 3. The van der Waals surface area contributed by atoms with E-state index in [0.29, 0.717) is 12.6 Å². The van der Waals surface area contributed by atoms with Crippen LogP contribution in [0.4, 0.5) is 0 Å². The molecule has 0 spiro atoms. The van der Waals surface area contributed by atoms with E-state index in [2.05, 4.69) is 20.3 Å². The standard InChI is InChI=1S/C15H24N4O2S.HI/c1-3-16-15(19-13-6-7-13)17-10-11-18-22(20,21)14-8-4-12(2)5-9-14;/h4-5,8-9,13,18H,3,6-7,10-11H2,1-2H3,(H2,16,17,19);1H. The van der Waals surface area contributed by atoms with E-state index in [1.807, 2.05) is 13.8 Å². The van der Waals surface area contributed by atoms with Crippen molar-refractivity contribution in [2.75, 3.05) is 19.6 Å². The molecule has 0 saturated heterocycles. The highest BCUT2D eigenvalue weighted by atomic mass is 127. The zero-order chi connectivity index (χ0) is 16.0. The lowest BCUT2D eigenvalue weighted by atomic mass is 10.2. The quantitative estimate of drug-likeness (QED) is 0.254. The maximum absolute atomic E-state index is 12.1. The molecule has 0 amide bonds. The molecule has 1 fully saturated rings. The first-order chi connectivity index (χ1) is 10.5. The molecule has 1 aromatic rings. The van der Waals surface area contributed by atoms with Crippen LogP contribution >= 0.6 is 24.0 Å². The molecule has 1 saturated carbocycles. The van der Waals surface area contributed by atoms with Gasteiger partial charge < -0.3 is 10.6 Å². The summed E-state index contributed by atoms with van der Waals surface area (Å²) in [6, 6.07) is 7.31. The topological polar surface area (TPSA) is 82.6 Å². The van der Waals surface area contributed by atoms with Gasteiger partial charge in [0.1, 0.15) is 0 Å². The van der Waals surface area contributed by atoms with Crippen LogP contribution < -0.4 is 15.4 Å². The molecule has 130 valence electrons. The van der Waals surface area contributed by atoms with Gasteiger partial charge >= 0.3 is 0 Å². The van der Waals surface area contributed by atoms with Crippen molar-refractivity contribution in [2.24, 2.45) is 4.99 Å². The second-order valence-electron chi connectivity index (χ2n) is 5.39. The average Bonchev–Trinajstić information content (AvgIpc) is 3.28. The first-order valence-corrected chi connectivity index (χ1v) is 9.11. The lowest BCUT2D eigenvalue weighted by Crippen LogP contribution is -2.39. The summed E-state index contributed by atoms with van der Waals surface area (Å²) in [5, 5.41) is 6.44. The summed E-state index contributed by atoms with van der Waals surface area (Å²) < 4.78 is 26.8. The molecule has 23 heavy (non-hydrogen) atoms. The zero-order valence-electron chi connectivity index (χ0n) is 13.5. The van der Waals surface area contributed by atoms with E-state index in [9.17, 15) is 8.42 Å². The fourth-order valence-electron chi connectivity index (χ4n) is 1.89. The molecule has 0 aliphatic heterocycles. The average molecular weight is 452 g/mol. The molecule has 8 heteroatoms. The molecule has 1 aromatic carbocycles. The number of rotatable bonds is 7. The summed E-state index contributed by atoms with van der Waals surface area (Å²) in [4.78, 5) is 4.65. The molecule has 2 rings (SSSR count). The Morgan fingerprint density at radius 1 is 1.26 bits per heavy atom. The van der Waals surface area contributed by atoms with Gasteiger partial charge in [-0.3, -0.25) is 4.99 Å².